The molecule has 0 spiro atoms. The topological polar surface area (TPSA) is 37.3 Å². The summed E-state index contributed by atoms with van der Waals surface area (Å²) < 4.78 is 2.27. The van der Waals surface area contributed by atoms with E-state index in [0.29, 0.717) is 12.5 Å². The number of amides is 1. The van der Waals surface area contributed by atoms with Gasteiger partial charge in [-0.2, -0.15) is 0 Å². The highest BCUT2D eigenvalue weighted by Gasteiger charge is 2.19. The lowest BCUT2D eigenvalue weighted by atomic mass is 10.1. The van der Waals surface area contributed by atoms with Gasteiger partial charge < -0.3 is 14.8 Å². The number of hydrogen-bond acceptors (Lipinski definition) is 2. The van der Waals surface area contributed by atoms with E-state index >= 15 is 0 Å². The molecule has 0 fully saturated rings. The summed E-state index contributed by atoms with van der Waals surface area (Å²) in [5, 5.41) is 3.43. The third-order valence-corrected chi connectivity index (χ3v) is 4.22. The molecular weight excluding hydrogens is 250 g/mol. The number of hydrogen-bond donors (Lipinski definition) is 1. The van der Waals surface area contributed by atoms with E-state index in [2.05, 4.69) is 22.3 Å². The van der Waals surface area contributed by atoms with Crippen LogP contribution in [0.3, 0.4) is 0 Å². The molecule has 0 bridgehead atoms. The number of nitrogens with zero attached hydrogens (tertiary/aromatic N) is 2. The van der Waals surface area contributed by atoms with Gasteiger partial charge in [-0.25, -0.2) is 0 Å². The molecule has 1 heterocycles. The van der Waals surface area contributed by atoms with Gasteiger partial charge in [-0.3, -0.25) is 4.79 Å². The molecule has 1 aliphatic rings. The van der Waals surface area contributed by atoms with E-state index in [1.165, 1.54) is 36.8 Å². The minimum atomic E-state index is 0.215. The molecule has 1 aliphatic carbocycles. The lowest BCUT2D eigenvalue weighted by Gasteiger charge is -2.13. The van der Waals surface area contributed by atoms with Gasteiger partial charge in [0.05, 0.1) is 0 Å². The molecular formula is C16H27N3O. The van der Waals surface area contributed by atoms with E-state index in [4.69, 9.17) is 0 Å². The number of carbonyl (C=O) groups is 1. The number of carbonyl (C=O) groups excluding carboxylic acids is 1. The minimum absolute atomic E-state index is 0.215. The Morgan fingerprint density at radius 3 is 2.90 bits per heavy atom. The second-order valence-electron chi connectivity index (χ2n) is 5.96. The van der Waals surface area contributed by atoms with Crippen LogP contribution in [0.15, 0.2) is 12.4 Å². The summed E-state index contributed by atoms with van der Waals surface area (Å²) >= 11 is 0. The molecule has 112 valence electrons. The highest BCUT2D eigenvalue weighted by molar-refractivity contribution is 5.75. The fourth-order valence-corrected chi connectivity index (χ4v) is 2.98. The van der Waals surface area contributed by atoms with Crippen molar-refractivity contribution in [2.45, 2.75) is 51.1 Å². The van der Waals surface area contributed by atoms with Crippen LogP contribution in [0, 0.1) is 0 Å². The van der Waals surface area contributed by atoms with Gasteiger partial charge in [-0.1, -0.05) is 6.42 Å². The minimum Gasteiger partial charge on any atom is -0.354 e. The van der Waals surface area contributed by atoms with E-state index < -0.39 is 0 Å². The van der Waals surface area contributed by atoms with Gasteiger partial charge in [-0.05, 0) is 43.9 Å². The number of rotatable bonds is 5. The van der Waals surface area contributed by atoms with Gasteiger partial charge in [0.15, 0.2) is 0 Å². The van der Waals surface area contributed by atoms with Crippen LogP contribution in [-0.4, -0.2) is 36.5 Å². The van der Waals surface area contributed by atoms with Gasteiger partial charge in [0.25, 0.3) is 0 Å². The summed E-state index contributed by atoms with van der Waals surface area (Å²) in [6.45, 7) is 0.934. The number of aryl methyl sites for hydroxylation is 2. The van der Waals surface area contributed by atoms with E-state index in [0.717, 1.165) is 13.0 Å². The molecule has 4 heteroatoms. The average Bonchev–Trinajstić information content (AvgIpc) is 2.72. The lowest BCUT2D eigenvalue weighted by Crippen LogP contribution is -2.21. The second kappa shape index (κ2) is 6.93. The van der Waals surface area contributed by atoms with Crippen LogP contribution in [0.4, 0.5) is 0 Å². The number of nitrogens with one attached hydrogen (secondary N) is 1. The maximum atomic E-state index is 11.6. The Labute approximate surface area is 122 Å². The van der Waals surface area contributed by atoms with E-state index in [-0.39, 0.29) is 5.91 Å². The molecule has 0 radical (unpaired) electrons. The SMILES string of the molecule is CNC1CCCCc2cn(CCCC(=O)N(C)C)cc21. The van der Waals surface area contributed by atoms with Crippen LogP contribution >= 0.6 is 0 Å². The summed E-state index contributed by atoms with van der Waals surface area (Å²) in [6.07, 6.45) is 11.1. The van der Waals surface area contributed by atoms with Gasteiger partial charge in [0, 0.05) is 45.5 Å². The molecule has 0 aromatic carbocycles. The summed E-state index contributed by atoms with van der Waals surface area (Å²) in [4.78, 5) is 13.2. The van der Waals surface area contributed by atoms with Gasteiger partial charge in [0.1, 0.15) is 0 Å². The highest BCUT2D eigenvalue weighted by atomic mass is 16.2. The summed E-state index contributed by atoms with van der Waals surface area (Å²) in [5.74, 6) is 0.215. The molecule has 4 nitrogen and oxygen atoms in total. The Morgan fingerprint density at radius 1 is 1.40 bits per heavy atom. The molecule has 1 aromatic heterocycles. The molecule has 0 saturated carbocycles. The highest BCUT2D eigenvalue weighted by Crippen LogP contribution is 2.29. The maximum absolute atomic E-state index is 11.6. The van der Waals surface area contributed by atoms with Gasteiger partial charge >= 0.3 is 0 Å². The van der Waals surface area contributed by atoms with E-state index in [1.54, 1.807) is 4.90 Å². The normalized spacial score (nSPS) is 18.4. The third kappa shape index (κ3) is 3.63. The summed E-state index contributed by atoms with van der Waals surface area (Å²) in [7, 11) is 5.68. The first-order valence-electron chi connectivity index (χ1n) is 7.67. The van der Waals surface area contributed by atoms with Crippen molar-refractivity contribution in [1.29, 1.82) is 0 Å². The fraction of sp³-hybridized carbons (Fsp3) is 0.688. The van der Waals surface area contributed by atoms with Crippen molar-refractivity contribution < 1.29 is 4.79 Å². The van der Waals surface area contributed by atoms with Crippen molar-refractivity contribution in [2.24, 2.45) is 0 Å². The van der Waals surface area contributed by atoms with Gasteiger partial charge in [0.2, 0.25) is 5.91 Å². The zero-order valence-corrected chi connectivity index (χ0v) is 13.0. The average molecular weight is 277 g/mol. The van der Waals surface area contributed by atoms with Crippen LogP contribution in [0.2, 0.25) is 0 Å². The first kappa shape index (κ1) is 15.1. The van der Waals surface area contributed by atoms with Crippen LogP contribution < -0.4 is 5.32 Å². The zero-order valence-electron chi connectivity index (χ0n) is 13.0. The van der Waals surface area contributed by atoms with Crippen molar-refractivity contribution in [1.82, 2.24) is 14.8 Å². The van der Waals surface area contributed by atoms with Crippen LogP contribution in [0.5, 0.6) is 0 Å². The molecule has 0 saturated heterocycles. The molecule has 0 aliphatic heterocycles. The molecule has 1 unspecified atom stereocenters. The quantitative estimate of drug-likeness (QED) is 0.839. The molecule has 1 amide bonds. The second-order valence-corrected chi connectivity index (χ2v) is 5.96. The van der Waals surface area contributed by atoms with E-state index in [1.807, 2.05) is 21.1 Å². The van der Waals surface area contributed by atoms with Gasteiger partial charge in [-0.15, -0.1) is 0 Å². The largest absolute Gasteiger partial charge is 0.354 e. The van der Waals surface area contributed by atoms with E-state index in [9.17, 15) is 4.79 Å². The number of aromatic nitrogens is 1. The maximum Gasteiger partial charge on any atom is 0.222 e. The molecule has 2 rings (SSSR count). The standard InChI is InChI=1S/C16H27N3O/c1-17-15-8-5-4-7-13-11-19(12-14(13)15)10-6-9-16(20)18(2)3/h11-12,15,17H,4-10H2,1-3H3. The predicted octanol–water partition coefficient (Wildman–Crippen LogP) is 2.34. The van der Waals surface area contributed by atoms with Crippen molar-refractivity contribution in [3.63, 3.8) is 0 Å². The Morgan fingerprint density at radius 2 is 2.20 bits per heavy atom. The zero-order chi connectivity index (χ0) is 14.5. The molecule has 1 aromatic rings. The predicted molar refractivity (Wildman–Crippen MR) is 81.7 cm³/mol. The Kier molecular flexibility index (Phi) is 5.24. The monoisotopic (exact) mass is 277 g/mol. The summed E-state index contributed by atoms with van der Waals surface area (Å²) in [5.41, 5.74) is 2.95. The van der Waals surface area contributed by atoms with Crippen molar-refractivity contribution in [3.05, 3.63) is 23.5 Å². The van der Waals surface area contributed by atoms with Crippen molar-refractivity contribution >= 4 is 5.91 Å². The Balaban J connectivity index is 1.95. The molecule has 20 heavy (non-hydrogen) atoms. The van der Waals surface area contributed by atoms with Crippen molar-refractivity contribution in [3.8, 4) is 0 Å². The first-order valence-corrected chi connectivity index (χ1v) is 7.67. The smallest absolute Gasteiger partial charge is 0.222 e. The molecule has 1 atom stereocenters. The van der Waals surface area contributed by atoms with Crippen molar-refractivity contribution in [2.75, 3.05) is 21.1 Å². The van der Waals surface area contributed by atoms with Crippen LogP contribution in [0.25, 0.3) is 0 Å². The first-order chi connectivity index (χ1) is 9.61. The Hall–Kier alpha value is -1.29. The number of fused-ring (bicyclic) bond motifs is 1. The summed E-state index contributed by atoms with van der Waals surface area (Å²) in [6, 6.07) is 0.497. The van der Waals surface area contributed by atoms with Crippen LogP contribution in [0.1, 0.15) is 49.3 Å². The lowest BCUT2D eigenvalue weighted by molar-refractivity contribution is -0.128. The fourth-order valence-electron chi connectivity index (χ4n) is 2.98. The van der Waals surface area contributed by atoms with Crippen LogP contribution in [-0.2, 0) is 17.8 Å². The Bertz CT molecular complexity index is 451. The molecule has 1 N–H and O–H groups in total. The third-order valence-electron chi connectivity index (χ3n) is 4.22.